The normalized spacial score (nSPS) is 16.1. The Hall–Kier alpha value is -2.02. The van der Waals surface area contributed by atoms with Crippen LogP contribution in [0.3, 0.4) is 0 Å². The van der Waals surface area contributed by atoms with E-state index in [1.54, 1.807) is 12.4 Å². The van der Waals surface area contributed by atoms with E-state index in [-0.39, 0.29) is 0 Å². The van der Waals surface area contributed by atoms with Crippen molar-refractivity contribution in [3.05, 3.63) is 24.0 Å². The molecule has 0 aliphatic carbocycles. The van der Waals surface area contributed by atoms with Crippen LogP contribution in [0.15, 0.2) is 18.5 Å². The zero-order chi connectivity index (χ0) is 11.7. The lowest BCUT2D eigenvalue weighted by Crippen LogP contribution is -2.29. The van der Waals surface area contributed by atoms with Crippen LogP contribution in [0.5, 0.6) is 0 Å². The van der Waals surface area contributed by atoms with Gasteiger partial charge < -0.3 is 9.88 Å². The molecular weight excluding hydrogens is 212 g/mol. The van der Waals surface area contributed by atoms with Crippen molar-refractivity contribution in [2.24, 2.45) is 0 Å². The maximum atomic E-state index is 9.00. The summed E-state index contributed by atoms with van der Waals surface area (Å²) in [6, 6.07) is 4.20. The van der Waals surface area contributed by atoms with Crippen molar-refractivity contribution in [1.82, 2.24) is 9.97 Å². The van der Waals surface area contributed by atoms with Gasteiger partial charge in [-0.1, -0.05) is 0 Å². The molecule has 17 heavy (non-hydrogen) atoms. The van der Waals surface area contributed by atoms with E-state index >= 15 is 0 Å². The Kier molecular flexibility index (Phi) is 2.45. The fraction of sp³-hybridized carbons (Fsp3) is 0.385. The lowest BCUT2D eigenvalue weighted by Gasteiger charge is -2.29. The summed E-state index contributed by atoms with van der Waals surface area (Å²) in [5, 5.41) is 9.00. The first-order valence-corrected chi connectivity index (χ1v) is 6.01. The predicted molar refractivity (Wildman–Crippen MR) is 66.9 cm³/mol. The highest BCUT2D eigenvalue weighted by molar-refractivity contribution is 5.92. The maximum absolute atomic E-state index is 9.00. The third-order valence-corrected chi connectivity index (χ3v) is 3.36. The molecule has 0 saturated carbocycles. The molecular formula is C13H14N4. The van der Waals surface area contributed by atoms with E-state index in [4.69, 9.17) is 5.26 Å². The first-order valence-electron chi connectivity index (χ1n) is 6.01. The lowest BCUT2D eigenvalue weighted by atomic mass is 10.1. The van der Waals surface area contributed by atoms with E-state index in [1.165, 1.54) is 24.9 Å². The van der Waals surface area contributed by atoms with Gasteiger partial charge in [-0.3, -0.25) is 4.98 Å². The first kappa shape index (κ1) is 10.2. The van der Waals surface area contributed by atoms with Crippen LogP contribution in [0.2, 0.25) is 0 Å². The quantitative estimate of drug-likeness (QED) is 0.812. The molecule has 0 unspecified atom stereocenters. The summed E-state index contributed by atoms with van der Waals surface area (Å²) in [5.74, 6) is 0. The van der Waals surface area contributed by atoms with Gasteiger partial charge >= 0.3 is 0 Å². The van der Waals surface area contributed by atoms with Gasteiger partial charge in [0.2, 0.25) is 0 Å². The molecule has 0 amide bonds. The summed E-state index contributed by atoms with van der Waals surface area (Å²) in [6.07, 6.45) is 7.34. The monoisotopic (exact) mass is 226 g/mol. The van der Waals surface area contributed by atoms with Gasteiger partial charge in [0.1, 0.15) is 11.6 Å². The van der Waals surface area contributed by atoms with E-state index in [2.05, 4.69) is 20.9 Å². The molecule has 0 aromatic carbocycles. The molecule has 0 spiro atoms. The Labute approximate surface area is 99.9 Å². The summed E-state index contributed by atoms with van der Waals surface area (Å²) in [6.45, 7) is 2.19. The fourth-order valence-corrected chi connectivity index (χ4v) is 2.49. The van der Waals surface area contributed by atoms with Crippen molar-refractivity contribution in [1.29, 1.82) is 5.26 Å². The molecule has 0 atom stereocenters. The van der Waals surface area contributed by atoms with Crippen LogP contribution in [-0.4, -0.2) is 23.1 Å². The average Bonchev–Trinajstić information content (AvgIpc) is 2.82. The van der Waals surface area contributed by atoms with Crippen molar-refractivity contribution in [3.8, 4) is 6.07 Å². The number of hydrogen-bond donors (Lipinski definition) is 1. The molecule has 1 saturated heterocycles. The smallest absolute Gasteiger partial charge is 0.108 e. The van der Waals surface area contributed by atoms with E-state index in [1.807, 2.05) is 6.07 Å². The van der Waals surface area contributed by atoms with Crippen LogP contribution in [0.4, 0.5) is 5.69 Å². The molecule has 1 aliphatic heterocycles. The molecule has 86 valence electrons. The molecule has 2 aromatic heterocycles. The highest BCUT2D eigenvalue weighted by Gasteiger charge is 2.15. The minimum atomic E-state index is 0.624. The van der Waals surface area contributed by atoms with Crippen molar-refractivity contribution >= 4 is 16.7 Å². The molecule has 3 rings (SSSR count). The number of piperidine rings is 1. The predicted octanol–water partition coefficient (Wildman–Crippen LogP) is 2.42. The zero-order valence-corrected chi connectivity index (χ0v) is 9.61. The van der Waals surface area contributed by atoms with Crippen LogP contribution in [-0.2, 0) is 0 Å². The number of hydrogen-bond acceptors (Lipinski definition) is 3. The average molecular weight is 226 g/mol. The van der Waals surface area contributed by atoms with E-state index < -0.39 is 0 Å². The second-order valence-electron chi connectivity index (χ2n) is 4.42. The zero-order valence-electron chi connectivity index (χ0n) is 9.61. The summed E-state index contributed by atoms with van der Waals surface area (Å²) in [4.78, 5) is 9.85. The second kappa shape index (κ2) is 4.10. The molecule has 4 heteroatoms. The van der Waals surface area contributed by atoms with Gasteiger partial charge in [-0.2, -0.15) is 5.26 Å². The number of pyridine rings is 1. The number of rotatable bonds is 1. The molecule has 0 radical (unpaired) electrons. The minimum Gasteiger partial charge on any atom is -0.370 e. The molecule has 0 bridgehead atoms. The van der Waals surface area contributed by atoms with Crippen molar-refractivity contribution in [3.63, 3.8) is 0 Å². The number of nitrogens with zero attached hydrogens (tertiary/aromatic N) is 3. The van der Waals surface area contributed by atoms with E-state index in [0.717, 1.165) is 24.1 Å². The first-order chi connectivity index (χ1) is 8.40. The fourth-order valence-electron chi connectivity index (χ4n) is 2.49. The number of nitrogens with one attached hydrogen (secondary N) is 1. The Morgan fingerprint density at radius 1 is 1.29 bits per heavy atom. The summed E-state index contributed by atoms with van der Waals surface area (Å²) >= 11 is 0. The minimum absolute atomic E-state index is 0.624. The third-order valence-electron chi connectivity index (χ3n) is 3.36. The highest BCUT2D eigenvalue weighted by Crippen LogP contribution is 2.28. The molecule has 2 aromatic rings. The summed E-state index contributed by atoms with van der Waals surface area (Å²) in [7, 11) is 0. The van der Waals surface area contributed by atoms with Crippen molar-refractivity contribution in [2.75, 3.05) is 18.0 Å². The van der Waals surface area contributed by atoms with Crippen LogP contribution in [0.1, 0.15) is 24.8 Å². The van der Waals surface area contributed by atoms with Gasteiger partial charge in [0.15, 0.2) is 0 Å². The molecule has 1 aliphatic rings. The van der Waals surface area contributed by atoms with Gasteiger partial charge in [-0.05, 0) is 25.3 Å². The molecule has 1 fully saturated rings. The number of aromatic nitrogens is 2. The van der Waals surface area contributed by atoms with E-state index in [0.29, 0.717) is 5.56 Å². The Morgan fingerprint density at radius 3 is 2.88 bits per heavy atom. The van der Waals surface area contributed by atoms with Gasteiger partial charge in [0.05, 0.1) is 16.8 Å². The van der Waals surface area contributed by atoms with Gasteiger partial charge in [-0.25, -0.2) is 0 Å². The Bertz CT molecular complexity index is 573. The van der Waals surface area contributed by atoms with Gasteiger partial charge in [0.25, 0.3) is 0 Å². The molecule has 4 nitrogen and oxygen atoms in total. The largest absolute Gasteiger partial charge is 0.370 e. The molecule has 3 heterocycles. The number of H-pyrrole nitrogens is 1. The third kappa shape index (κ3) is 1.64. The second-order valence-corrected chi connectivity index (χ2v) is 4.42. The Balaban J connectivity index is 2.10. The van der Waals surface area contributed by atoms with Crippen LogP contribution in [0, 0.1) is 11.3 Å². The number of nitriles is 1. The van der Waals surface area contributed by atoms with E-state index in [9.17, 15) is 0 Å². The number of anilines is 1. The Morgan fingerprint density at radius 2 is 2.12 bits per heavy atom. The van der Waals surface area contributed by atoms with Crippen LogP contribution in [0.25, 0.3) is 11.0 Å². The summed E-state index contributed by atoms with van der Waals surface area (Å²) < 4.78 is 0. The van der Waals surface area contributed by atoms with Crippen LogP contribution < -0.4 is 4.90 Å². The van der Waals surface area contributed by atoms with Gasteiger partial charge in [-0.15, -0.1) is 0 Å². The highest BCUT2D eigenvalue weighted by atomic mass is 15.1. The van der Waals surface area contributed by atoms with Crippen molar-refractivity contribution < 1.29 is 0 Å². The summed E-state index contributed by atoms with van der Waals surface area (Å²) in [5.41, 5.74) is 3.58. The van der Waals surface area contributed by atoms with Crippen molar-refractivity contribution in [2.45, 2.75) is 19.3 Å². The SMILES string of the molecule is N#Cc1c[nH]c2c(N3CCCCC3)ccnc12. The van der Waals surface area contributed by atoms with Crippen LogP contribution >= 0.6 is 0 Å². The number of fused-ring (bicyclic) bond motifs is 1. The molecule has 1 N–H and O–H groups in total. The van der Waals surface area contributed by atoms with Gasteiger partial charge in [0, 0.05) is 25.5 Å². The topological polar surface area (TPSA) is 55.7 Å². The lowest BCUT2D eigenvalue weighted by molar-refractivity contribution is 0.578. The standard InChI is InChI=1S/C13H14N4/c14-8-10-9-16-13-11(4-5-15-12(10)13)17-6-2-1-3-7-17/h4-5,9,16H,1-3,6-7H2. The maximum Gasteiger partial charge on any atom is 0.108 e. The number of aromatic amines is 1.